The van der Waals surface area contributed by atoms with Crippen LogP contribution in [0.3, 0.4) is 0 Å². The van der Waals surface area contributed by atoms with Gasteiger partial charge in [0.25, 0.3) is 0 Å². The molecule has 0 bridgehead atoms. The summed E-state index contributed by atoms with van der Waals surface area (Å²) in [6.45, 7) is 13.9. The van der Waals surface area contributed by atoms with Gasteiger partial charge in [-0.2, -0.15) is 0 Å². The standard InChI is InChI=1S/C16H27NO/c1-12-7-8-14(13(2)9-12)15(3,4)10-17-11-16(5,6)18/h7-9,17-18H,10-11H2,1-6H3. The summed E-state index contributed by atoms with van der Waals surface area (Å²) in [5, 5.41) is 13.1. The third-order valence-electron chi connectivity index (χ3n) is 3.24. The van der Waals surface area contributed by atoms with Gasteiger partial charge in [0.2, 0.25) is 0 Å². The van der Waals surface area contributed by atoms with E-state index in [0.29, 0.717) is 6.54 Å². The summed E-state index contributed by atoms with van der Waals surface area (Å²) in [6.07, 6.45) is 0. The van der Waals surface area contributed by atoms with E-state index in [1.54, 1.807) is 0 Å². The van der Waals surface area contributed by atoms with Crippen LogP contribution < -0.4 is 5.32 Å². The highest BCUT2D eigenvalue weighted by Gasteiger charge is 2.23. The zero-order valence-electron chi connectivity index (χ0n) is 12.6. The summed E-state index contributed by atoms with van der Waals surface area (Å²) in [5.41, 5.74) is 3.43. The van der Waals surface area contributed by atoms with E-state index in [-0.39, 0.29) is 5.41 Å². The van der Waals surface area contributed by atoms with Crippen LogP contribution in [0.2, 0.25) is 0 Å². The molecule has 1 rings (SSSR count). The van der Waals surface area contributed by atoms with Gasteiger partial charge in [0, 0.05) is 18.5 Å². The van der Waals surface area contributed by atoms with Gasteiger partial charge >= 0.3 is 0 Å². The van der Waals surface area contributed by atoms with Crippen LogP contribution in [0.1, 0.15) is 44.4 Å². The van der Waals surface area contributed by atoms with Gasteiger partial charge in [-0.3, -0.25) is 0 Å². The van der Waals surface area contributed by atoms with E-state index < -0.39 is 5.60 Å². The van der Waals surface area contributed by atoms with Crippen molar-refractivity contribution in [2.75, 3.05) is 13.1 Å². The highest BCUT2D eigenvalue weighted by atomic mass is 16.3. The van der Waals surface area contributed by atoms with E-state index in [0.717, 1.165) is 6.54 Å². The number of hydrogen-bond donors (Lipinski definition) is 2. The molecule has 1 aromatic carbocycles. The minimum absolute atomic E-state index is 0.0725. The Morgan fingerprint density at radius 3 is 2.17 bits per heavy atom. The van der Waals surface area contributed by atoms with Crippen molar-refractivity contribution in [2.45, 2.75) is 52.6 Å². The van der Waals surface area contributed by atoms with Crippen molar-refractivity contribution >= 4 is 0 Å². The molecule has 1 aromatic rings. The lowest BCUT2D eigenvalue weighted by Crippen LogP contribution is -2.41. The van der Waals surface area contributed by atoms with E-state index in [1.807, 2.05) is 13.8 Å². The summed E-state index contributed by atoms with van der Waals surface area (Å²) in [4.78, 5) is 0. The first-order chi connectivity index (χ1) is 8.12. The average molecular weight is 249 g/mol. The third-order valence-corrected chi connectivity index (χ3v) is 3.24. The lowest BCUT2D eigenvalue weighted by atomic mass is 9.81. The Labute approximate surface area is 111 Å². The zero-order chi connectivity index (χ0) is 14.0. The van der Waals surface area contributed by atoms with Crippen LogP contribution in [0.25, 0.3) is 0 Å². The Bertz CT molecular complexity index is 402. The van der Waals surface area contributed by atoms with Gasteiger partial charge in [-0.15, -0.1) is 0 Å². The van der Waals surface area contributed by atoms with Gasteiger partial charge in [-0.05, 0) is 38.8 Å². The van der Waals surface area contributed by atoms with E-state index in [2.05, 4.69) is 51.2 Å². The summed E-state index contributed by atoms with van der Waals surface area (Å²) < 4.78 is 0. The molecule has 0 aliphatic heterocycles. The molecule has 2 nitrogen and oxygen atoms in total. The number of nitrogens with one attached hydrogen (secondary N) is 1. The first-order valence-electron chi connectivity index (χ1n) is 6.63. The van der Waals surface area contributed by atoms with Crippen molar-refractivity contribution in [3.63, 3.8) is 0 Å². The van der Waals surface area contributed by atoms with Crippen molar-refractivity contribution in [3.05, 3.63) is 34.9 Å². The fourth-order valence-corrected chi connectivity index (χ4v) is 2.35. The number of benzene rings is 1. The van der Waals surface area contributed by atoms with Crippen LogP contribution in [-0.2, 0) is 5.41 Å². The molecule has 0 amide bonds. The van der Waals surface area contributed by atoms with Crippen LogP contribution in [0.15, 0.2) is 18.2 Å². The molecule has 0 atom stereocenters. The quantitative estimate of drug-likeness (QED) is 0.841. The number of aryl methyl sites for hydroxylation is 2. The molecule has 18 heavy (non-hydrogen) atoms. The maximum Gasteiger partial charge on any atom is 0.0715 e. The normalized spacial score (nSPS) is 12.8. The van der Waals surface area contributed by atoms with E-state index in [4.69, 9.17) is 0 Å². The Morgan fingerprint density at radius 2 is 1.67 bits per heavy atom. The molecule has 2 N–H and O–H groups in total. The lowest BCUT2D eigenvalue weighted by Gasteiger charge is -2.29. The van der Waals surface area contributed by atoms with Crippen molar-refractivity contribution in [1.82, 2.24) is 5.32 Å². The second kappa shape index (κ2) is 5.41. The molecule has 0 aliphatic carbocycles. The second-order valence-electron chi connectivity index (χ2n) is 6.62. The molecule has 0 saturated heterocycles. The largest absolute Gasteiger partial charge is 0.389 e. The summed E-state index contributed by atoms with van der Waals surface area (Å²) in [6, 6.07) is 6.61. The first kappa shape index (κ1) is 15.2. The molecular formula is C16H27NO. The fourth-order valence-electron chi connectivity index (χ4n) is 2.35. The molecule has 102 valence electrons. The fraction of sp³-hybridized carbons (Fsp3) is 0.625. The molecule has 0 unspecified atom stereocenters. The minimum Gasteiger partial charge on any atom is -0.389 e. The lowest BCUT2D eigenvalue weighted by molar-refractivity contribution is 0.0785. The topological polar surface area (TPSA) is 32.3 Å². The smallest absolute Gasteiger partial charge is 0.0715 e. The maximum absolute atomic E-state index is 9.71. The van der Waals surface area contributed by atoms with Crippen LogP contribution in [0.5, 0.6) is 0 Å². The highest BCUT2D eigenvalue weighted by Crippen LogP contribution is 2.26. The van der Waals surface area contributed by atoms with Gasteiger partial charge < -0.3 is 10.4 Å². The number of hydrogen-bond acceptors (Lipinski definition) is 2. The van der Waals surface area contributed by atoms with Crippen molar-refractivity contribution in [1.29, 1.82) is 0 Å². The summed E-state index contributed by atoms with van der Waals surface area (Å²) in [7, 11) is 0. The Balaban J connectivity index is 2.73. The molecule has 0 heterocycles. The van der Waals surface area contributed by atoms with Crippen molar-refractivity contribution in [2.24, 2.45) is 0 Å². The van der Waals surface area contributed by atoms with E-state index in [9.17, 15) is 5.11 Å². The predicted molar refractivity (Wildman–Crippen MR) is 78.1 cm³/mol. The second-order valence-corrected chi connectivity index (χ2v) is 6.62. The van der Waals surface area contributed by atoms with Gasteiger partial charge in [-0.25, -0.2) is 0 Å². The summed E-state index contributed by atoms with van der Waals surface area (Å²) in [5.74, 6) is 0. The molecule has 0 radical (unpaired) electrons. The minimum atomic E-state index is -0.654. The molecule has 0 aliphatic rings. The first-order valence-corrected chi connectivity index (χ1v) is 6.63. The average Bonchev–Trinajstić information content (AvgIpc) is 2.13. The van der Waals surface area contributed by atoms with Crippen LogP contribution in [0.4, 0.5) is 0 Å². The van der Waals surface area contributed by atoms with Crippen LogP contribution in [0, 0.1) is 13.8 Å². The molecule has 2 heteroatoms. The SMILES string of the molecule is Cc1ccc(C(C)(C)CNCC(C)(C)O)c(C)c1. The van der Waals surface area contributed by atoms with Gasteiger partial charge in [-0.1, -0.05) is 37.6 Å². The highest BCUT2D eigenvalue weighted by molar-refractivity contribution is 5.35. The Kier molecular flexibility index (Phi) is 4.57. The molecule has 0 spiro atoms. The third kappa shape index (κ3) is 4.43. The zero-order valence-corrected chi connectivity index (χ0v) is 12.6. The van der Waals surface area contributed by atoms with E-state index >= 15 is 0 Å². The Morgan fingerprint density at radius 1 is 1.06 bits per heavy atom. The predicted octanol–water partition coefficient (Wildman–Crippen LogP) is 2.94. The molecule has 0 saturated carbocycles. The van der Waals surface area contributed by atoms with E-state index in [1.165, 1.54) is 16.7 Å². The monoisotopic (exact) mass is 249 g/mol. The van der Waals surface area contributed by atoms with Gasteiger partial charge in [0.05, 0.1) is 5.60 Å². The Hall–Kier alpha value is -0.860. The molecule has 0 aromatic heterocycles. The van der Waals surface area contributed by atoms with Crippen LogP contribution >= 0.6 is 0 Å². The molecular weight excluding hydrogens is 222 g/mol. The van der Waals surface area contributed by atoms with Gasteiger partial charge in [0.1, 0.15) is 0 Å². The number of aliphatic hydroxyl groups is 1. The number of rotatable bonds is 5. The maximum atomic E-state index is 9.71. The summed E-state index contributed by atoms with van der Waals surface area (Å²) >= 11 is 0. The molecule has 0 fully saturated rings. The van der Waals surface area contributed by atoms with Crippen LogP contribution in [-0.4, -0.2) is 23.8 Å². The van der Waals surface area contributed by atoms with Gasteiger partial charge in [0.15, 0.2) is 0 Å². The van der Waals surface area contributed by atoms with Crippen molar-refractivity contribution in [3.8, 4) is 0 Å². The van der Waals surface area contributed by atoms with Crippen molar-refractivity contribution < 1.29 is 5.11 Å².